The van der Waals surface area contributed by atoms with Gasteiger partial charge in [-0.05, 0) is 31.4 Å². The smallest absolute Gasteiger partial charge is 0.315 e. The normalized spacial score (nSPS) is 15.9. The number of nitro groups is 1. The first-order valence-electron chi connectivity index (χ1n) is 6.52. The highest BCUT2D eigenvalue weighted by Crippen LogP contribution is 2.42. The molecule has 1 saturated carbocycles. The average Bonchev–Trinajstić information content (AvgIpc) is 3.16. The standard InChI is InChI=1S/C13H19N3O3/c1-2-8-14-10-4-3-5-11(12(10)16(18)19)15-13(9-17)6-7-13/h3-5,14-15,17H,2,6-9H2,1H3. The van der Waals surface area contributed by atoms with Crippen LogP contribution in [0, 0.1) is 10.1 Å². The van der Waals surface area contributed by atoms with Crippen LogP contribution < -0.4 is 10.6 Å². The molecule has 0 bridgehead atoms. The number of hydrogen-bond acceptors (Lipinski definition) is 5. The van der Waals surface area contributed by atoms with Crippen molar-refractivity contribution in [2.75, 3.05) is 23.8 Å². The van der Waals surface area contributed by atoms with E-state index in [1.807, 2.05) is 6.92 Å². The van der Waals surface area contributed by atoms with Crippen molar-refractivity contribution < 1.29 is 10.0 Å². The molecule has 0 heterocycles. The lowest BCUT2D eigenvalue weighted by Gasteiger charge is -2.17. The van der Waals surface area contributed by atoms with Crippen molar-refractivity contribution >= 4 is 17.1 Å². The molecule has 6 heteroatoms. The van der Waals surface area contributed by atoms with E-state index in [1.54, 1.807) is 18.2 Å². The first-order valence-corrected chi connectivity index (χ1v) is 6.52. The fourth-order valence-corrected chi connectivity index (χ4v) is 2.00. The Hall–Kier alpha value is -1.82. The Labute approximate surface area is 112 Å². The van der Waals surface area contributed by atoms with E-state index in [1.165, 1.54) is 0 Å². The van der Waals surface area contributed by atoms with Gasteiger partial charge in [0.15, 0.2) is 0 Å². The molecular weight excluding hydrogens is 246 g/mol. The molecule has 0 saturated heterocycles. The molecule has 1 aromatic rings. The van der Waals surface area contributed by atoms with Gasteiger partial charge in [-0.1, -0.05) is 13.0 Å². The third kappa shape index (κ3) is 2.96. The first kappa shape index (κ1) is 13.6. The molecule has 2 rings (SSSR count). The second-order valence-corrected chi connectivity index (χ2v) is 4.95. The summed E-state index contributed by atoms with van der Waals surface area (Å²) in [6.45, 7) is 2.69. The van der Waals surface area contributed by atoms with E-state index in [-0.39, 0.29) is 22.8 Å². The number of nitrogens with zero attached hydrogens (tertiary/aromatic N) is 1. The highest BCUT2D eigenvalue weighted by atomic mass is 16.6. The van der Waals surface area contributed by atoms with Gasteiger partial charge in [0, 0.05) is 6.54 Å². The first-order chi connectivity index (χ1) is 9.12. The molecule has 1 aliphatic rings. The number of aliphatic hydroxyl groups is 1. The maximum atomic E-state index is 11.3. The van der Waals surface area contributed by atoms with Crippen LogP contribution in [-0.2, 0) is 0 Å². The van der Waals surface area contributed by atoms with Crippen LogP contribution in [0.2, 0.25) is 0 Å². The van der Waals surface area contributed by atoms with Crippen LogP contribution in [0.4, 0.5) is 17.1 Å². The van der Waals surface area contributed by atoms with Crippen LogP contribution in [0.3, 0.4) is 0 Å². The highest BCUT2D eigenvalue weighted by Gasteiger charge is 2.43. The molecule has 0 atom stereocenters. The Morgan fingerprint density at radius 2 is 2.11 bits per heavy atom. The second-order valence-electron chi connectivity index (χ2n) is 4.95. The van der Waals surface area contributed by atoms with Crippen molar-refractivity contribution in [1.82, 2.24) is 0 Å². The van der Waals surface area contributed by atoms with Gasteiger partial charge < -0.3 is 15.7 Å². The van der Waals surface area contributed by atoms with E-state index in [0.717, 1.165) is 19.3 Å². The Kier molecular flexibility index (Phi) is 3.90. The number of nitrogens with one attached hydrogen (secondary N) is 2. The Bertz CT molecular complexity index is 472. The Morgan fingerprint density at radius 3 is 2.63 bits per heavy atom. The van der Waals surface area contributed by atoms with Crippen molar-refractivity contribution in [2.45, 2.75) is 31.7 Å². The van der Waals surface area contributed by atoms with Crippen LogP contribution in [0.5, 0.6) is 0 Å². The van der Waals surface area contributed by atoms with Crippen molar-refractivity contribution in [3.05, 3.63) is 28.3 Å². The molecular formula is C13H19N3O3. The number of aliphatic hydroxyl groups excluding tert-OH is 1. The van der Waals surface area contributed by atoms with Crippen LogP contribution in [0.1, 0.15) is 26.2 Å². The fourth-order valence-electron chi connectivity index (χ4n) is 2.00. The third-order valence-corrected chi connectivity index (χ3v) is 3.34. The molecule has 0 radical (unpaired) electrons. The number of rotatable bonds is 7. The number of anilines is 2. The third-order valence-electron chi connectivity index (χ3n) is 3.34. The molecule has 104 valence electrons. The molecule has 1 fully saturated rings. The lowest BCUT2D eigenvalue weighted by molar-refractivity contribution is -0.383. The van der Waals surface area contributed by atoms with Crippen LogP contribution >= 0.6 is 0 Å². The summed E-state index contributed by atoms with van der Waals surface area (Å²) in [7, 11) is 0. The van der Waals surface area contributed by atoms with Crippen molar-refractivity contribution in [3.63, 3.8) is 0 Å². The monoisotopic (exact) mass is 265 g/mol. The highest BCUT2D eigenvalue weighted by molar-refractivity contribution is 5.77. The van der Waals surface area contributed by atoms with Crippen LogP contribution in [0.15, 0.2) is 18.2 Å². The van der Waals surface area contributed by atoms with Gasteiger partial charge in [-0.3, -0.25) is 10.1 Å². The maximum absolute atomic E-state index is 11.3. The summed E-state index contributed by atoms with van der Waals surface area (Å²) in [6.07, 6.45) is 2.58. The molecule has 1 aromatic carbocycles. The molecule has 0 aliphatic heterocycles. The maximum Gasteiger partial charge on any atom is 0.315 e. The van der Waals surface area contributed by atoms with E-state index in [9.17, 15) is 15.2 Å². The van der Waals surface area contributed by atoms with Crippen molar-refractivity contribution in [1.29, 1.82) is 0 Å². The van der Waals surface area contributed by atoms with Gasteiger partial charge in [0.25, 0.3) is 0 Å². The number of nitro benzene ring substituents is 1. The van der Waals surface area contributed by atoms with Gasteiger partial charge in [-0.2, -0.15) is 0 Å². The topological polar surface area (TPSA) is 87.4 Å². The van der Waals surface area contributed by atoms with Crippen LogP contribution in [0.25, 0.3) is 0 Å². The minimum Gasteiger partial charge on any atom is -0.394 e. The molecule has 0 amide bonds. The molecule has 3 N–H and O–H groups in total. The zero-order valence-corrected chi connectivity index (χ0v) is 11.0. The minimum atomic E-state index is -0.381. The van der Waals surface area contributed by atoms with E-state index in [2.05, 4.69) is 10.6 Å². The Balaban J connectivity index is 2.28. The predicted molar refractivity (Wildman–Crippen MR) is 74.6 cm³/mol. The predicted octanol–water partition coefficient (Wildman–Crippen LogP) is 2.35. The van der Waals surface area contributed by atoms with Crippen molar-refractivity contribution in [2.24, 2.45) is 0 Å². The van der Waals surface area contributed by atoms with Gasteiger partial charge in [0.05, 0.1) is 17.1 Å². The zero-order chi connectivity index (χ0) is 13.9. The molecule has 1 aliphatic carbocycles. The zero-order valence-electron chi connectivity index (χ0n) is 11.0. The van der Waals surface area contributed by atoms with Gasteiger partial charge in [-0.25, -0.2) is 0 Å². The van der Waals surface area contributed by atoms with E-state index >= 15 is 0 Å². The van der Waals surface area contributed by atoms with Crippen molar-refractivity contribution in [3.8, 4) is 0 Å². The molecule has 0 aromatic heterocycles. The van der Waals surface area contributed by atoms with E-state index < -0.39 is 0 Å². The Morgan fingerprint density at radius 1 is 1.42 bits per heavy atom. The average molecular weight is 265 g/mol. The summed E-state index contributed by atoms with van der Waals surface area (Å²) in [4.78, 5) is 10.9. The summed E-state index contributed by atoms with van der Waals surface area (Å²) in [6, 6.07) is 5.17. The SMILES string of the molecule is CCCNc1cccc(NC2(CO)CC2)c1[N+](=O)[O-]. The van der Waals surface area contributed by atoms with Gasteiger partial charge >= 0.3 is 5.69 Å². The number of benzene rings is 1. The lowest BCUT2D eigenvalue weighted by atomic mass is 10.2. The molecule has 19 heavy (non-hydrogen) atoms. The molecule has 0 spiro atoms. The molecule has 6 nitrogen and oxygen atoms in total. The van der Waals surface area contributed by atoms with Gasteiger partial charge in [0.1, 0.15) is 11.4 Å². The lowest BCUT2D eigenvalue weighted by Crippen LogP contribution is -2.26. The second kappa shape index (κ2) is 5.44. The summed E-state index contributed by atoms with van der Waals surface area (Å²) < 4.78 is 0. The van der Waals surface area contributed by atoms with E-state index in [0.29, 0.717) is 17.9 Å². The minimum absolute atomic E-state index is 0.00320. The molecule has 0 unspecified atom stereocenters. The quantitative estimate of drug-likeness (QED) is 0.520. The summed E-state index contributed by atoms with van der Waals surface area (Å²) in [5.41, 5.74) is 0.674. The summed E-state index contributed by atoms with van der Waals surface area (Å²) in [5.74, 6) is 0. The van der Waals surface area contributed by atoms with Crippen LogP contribution in [-0.4, -0.2) is 28.7 Å². The van der Waals surface area contributed by atoms with Gasteiger partial charge in [-0.15, -0.1) is 0 Å². The number of para-hydroxylation sites is 1. The largest absolute Gasteiger partial charge is 0.394 e. The number of hydrogen-bond donors (Lipinski definition) is 3. The summed E-state index contributed by atoms with van der Waals surface area (Å²) in [5, 5.41) is 26.8. The summed E-state index contributed by atoms with van der Waals surface area (Å²) >= 11 is 0. The van der Waals surface area contributed by atoms with Gasteiger partial charge in [0.2, 0.25) is 0 Å². The van der Waals surface area contributed by atoms with E-state index in [4.69, 9.17) is 0 Å². The fraction of sp³-hybridized carbons (Fsp3) is 0.538.